The van der Waals surface area contributed by atoms with Crippen molar-refractivity contribution in [2.45, 2.75) is 44.9 Å². The molecule has 0 amide bonds. The highest BCUT2D eigenvalue weighted by atomic mass is 16.5. The van der Waals surface area contributed by atoms with E-state index in [4.69, 9.17) is 4.74 Å². The monoisotopic (exact) mass is 210 g/mol. The molecule has 2 rings (SSSR count). The minimum absolute atomic E-state index is 0.141. The topological polar surface area (TPSA) is 43.4 Å². The maximum atomic E-state index is 12.2. The van der Waals surface area contributed by atoms with Crippen LogP contribution in [-0.4, -0.2) is 18.9 Å². The number of ether oxygens (including phenoxy) is 1. The van der Waals surface area contributed by atoms with Crippen LogP contribution in [0.3, 0.4) is 0 Å². The van der Waals surface area contributed by atoms with Gasteiger partial charge < -0.3 is 4.74 Å². The Bertz CT molecular complexity index is 273. The maximum Gasteiger partial charge on any atom is 0.319 e. The van der Waals surface area contributed by atoms with E-state index in [1.807, 2.05) is 0 Å². The molecular weight excluding hydrogens is 192 g/mol. The molecule has 0 aromatic carbocycles. The first-order chi connectivity index (χ1) is 7.20. The smallest absolute Gasteiger partial charge is 0.319 e. The van der Waals surface area contributed by atoms with Gasteiger partial charge in [-0.25, -0.2) is 0 Å². The van der Waals surface area contributed by atoms with Crippen molar-refractivity contribution in [2.24, 2.45) is 11.3 Å². The molecule has 0 aromatic rings. The summed E-state index contributed by atoms with van der Waals surface area (Å²) in [6, 6.07) is 0. The van der Waals surface area contributed by atoms with Gasteiger partial charge in [0.15, 0.2) is 5.78 Å². The summed E-state index contributed by atoms with van der Waals surface area (Å²) in [6.07, 6.45) is 6.44. The van der Waals surface area contributed by atoms with E-state index >= 15 is 0 Å². The van der Waals surface area contributed by atoms with E-state index in [9.17, 15) is 9.59 Å². The lowest BCUT2D eigenvalue weighted by Crippen LogP contribution is -2.43. The molecule has 2 saturated carbocycles. The minimum atomic E-state index is -0.764. The molecule has 2 aliphatic rings. The molecule has 0 radical (unpaired) electrons. The Hall–Kier alpha value is -0.860. The molecule has 0 heterocycles. The molecule has 0 aromatic heterocycles. The van der Waals surface area contributed by atoms with E-state index in [-0.39, 0.29) is 17.7 Å². The van der Waals surface area contributed by atoms with Gasteiger partial charge in [-0.15, -0.1) is 0 Å². The summed E-state index contributed by atoms with van der Waals surface area (Å²) >= 11 is 0. The van der Waals surface area contributed by atoms with Gasteiger partial charge in [-0.2, -0.15) is 0 Å². The predicted molar refractivity (Wildman–Crippen MR) is 55.3 cm³/mol. The molecule has 0 bridgehead atoms. The molecule has 0 unspecified atom stereocenters. The Morgan fingerprint density at radius 2 is 1.73 bits per heavy atom. The first-order valence-electron chi connectivity index (χ1n) is 5.83. The fourth-order valence-corrected chi connectivity index (χ4v) is 2.79. The molecule has 3 heteroatoms. The molecule has 2 aliphatic carbocycles. The zero-order chi connectivity index (χ0) is 10.9. The molecule has 3 nitrogen and oxygen atoms in total. The number of carbonyl (C=O) groups excluding carboxylic acids is 2. The van der Waals surface area contributed by atoms with E-state index in [0.29, 0.717) is 12.8 Å². The Balaban J connectivity index is 2.17. The second-order valence-corrected chi connectivity index (χ2v) is 4.77. The van der Waals surface area contributed by atoms with Gasteiger partial charge >= 0.3 is 5.97 Å². The molecule has 0 spiro atoms. The summed E-state index contributed by atoms with van der Waals surface area (Å²) in [4.78, 5) is 24.0. The summed E-state index contributed by atoms with van der Waals surface area (Å²) in [5, 5.41) is 0. The van der Waals surface area contributed by atoms with Gasteiger partial charge in [-0.1, -0.05) is 19.3 Å². The van der Waals surface area contributed by atoms with Gasteiger partial charge in [-0.3, -0.25) is 9.59 Å². The number of hydrogen-bond donors (Lipinski definition) is 0. The Kier molecular flexibility index (Phi) is 2.81. The van der Waals surface area contributed by atoms with Gasteiger partial charge in [0.25, 0.3) is 0 Å². The number of hydrogen-bond acceptors (Lipinski definition) is 3. The largest absolute Gasteiger partial charge is 0.468 e. The second kappa shape index (κ2) is 3.95. The lowest BCUT2D eigenvalue weighted by atomic mass is 9.69. The summed E-state index contributed by atoms with van der Waals surface area (Å²) in [6.45, 7) is 0. The number of methoxy groups -OCH3 is 1. The van der Waals surface area contributed by atoms with Crippen LogP contribution in [0, 0.1) is 11.3 Å². The number of Topliss-reactive ketones (excluding diaryl/α,β-unsaturated/α-hetero) is 1. The Morgan fingerprint density at radius 1 is 1.13 bits per heavy atom. The van der Waals surface area contributed by atoms with Gasteiger partial charge in [0.1, 0.15) is 5.41 Å². The van der Waals surface area contributed by atoms with Gasteiger partial charge in [0.05, 0.1) is 7.11 Å². The van der Waals surface area contributed by atoms with Crippen LogP contribution in [0.1, 0.15) is 44.9 Å². The number of rotatable bonds is 3. The zero-order valence-electron chi connectivity index (χ0n) is 9.25. The number of esters is 1. The third-order valence-electron chi connectivity index (χ3n) is 3.98. The summed E-state index contributed by atoms with van der Waals surface area (Å²) < 4.78 is 4.82. The van der Waals surface area contributed by atoms with Crippen molar-refractivity contribution in [2.75, 3.05) is 7.11 Å². The van der Waals surface area contributed by atoms with Crippen LogP contribution in [0.15, 0.2) is 0 Å². The summed E-state index contributed by atoms with van der Waals surface area (Å²) in [5.74, 6) is 0.0113. The predicted octanol–water partition coefficient (Wildman–Crippen LogP) is 2.09. The highest BCUT2D eigenvalue weighted by Gasteiger charge is 2.51. The van der Waals surface area contributed by atoms with Gasteiger partial charge in [-0.05, 0) is 25.7 Å². The lowest BCUT2D eigenvalue weighted by Gasteiger charge is -2.33. The van der Waals surface area contributed by atoms with E-state index in [0.717, 1.165) is 32.1 Å². The minimum Gasteiger partial charge on any atom is -0.468 e. The quantitative estimate of drug-likeness (QED) is 0.529. The summed E-state index contributed by atoms with van der Waals surface area (Å²) in [7, 11) is 1.39. The number of carbonyl (C=O) groups is 2. The molecule has 0 atom stereocenters. The third-order valence-corrected chi connectivity index (χ3v) is 3.98. The third kappa shape index (κ3) is 1.58. The van der Waals surface area contributed by atoms with Crippen LogP contribution in [0.4, 0.5) is 0 Å². The normalized spacial score (nSPS) is 24.6. The van der Waals surface area contributed by atoms with Gasteiger partial charge in [0, 0.05) is 5.92 Å². The van der Waals surface area contributed by atoms with E-state index < -0.39 is 5.41 Å². The molecule has 15 heavy (non-hydrogen) atoms. The van der Waals surface area contributed by atoms with Crippen molar-refractivity contribution >= 4 is 11.8 Å². The average molecular weight is 210 g/mol. The van der Waals surface area contributed by atoms with Crippen LogP contribution >= 0.6 is 0 Å². The van der Waals surface area contributed by atoms with Crippen molar-refractivity contribution < 1.29 is 14.3 Å². The molecule has 2 fully saturated rings. The molecular formula is C12H18O3. The fourth-order valence-electron chi connectivity index (χ4n) is 2.79. The lowest BCUT2D eigenvalue weighted by molar-refractivity contribution is -0.160. The van der Waals surface area contributed by atoms with Crippen LogP contribution < -0.4 is 0 Å². The van der Waals surface area contributed by atoms with Crippen molar-refractivity contribution in [3.63, 3.8) is 0 Å². The molecule has 0 saturated heterocycles. The Morgan fingerprint density at radius 3 is 2.13 bits per heavy atom. The summed E-state index contributed by atoms with van der Waals surface area (Å²) in [5.41, 5.74) is -0.764. The number of ketones is 1. The highest BCUT2D eigenvalue weighted by Crippen LogP contribution is 2.45. The van der Waals surface area contributed by atoms with E-state index in [1.165, 1.54) is 7.11 Å². The van der Waals surface area contributed by atoms with Crippen LogP contribution in [-0.2, 0) is 14.3 Å². The van der Waals surface area contributed by atoms with E-state index in [1.54, 1.807) is 0 Å². The first-order valence-corrected chi connectivity index (χ1v) is 5.83. The van der Waals surface area contributed by atoms with Crippen LogP contribution in [0.25, 0.3) is 0 Å². The highest BCUT2D eigenvalue weighted by molar-refractivity contribution is 6.05. The standard InChI is InChI=1S/C12H18O3/c1-15-11(14)12(7-2-3-8-12)10(13)9-5-4-6-9/h9H,2-8H2,1H3. The molecule has 0 aliphatic heterocycles. The van der Waals surface area contributed by atoms with Crippen LogP contribution in [0.5, 0.6) is 0 Å². The fraction of sp³-hybridized carbons (Fsp3) is 0.833. The van der Waals surface area contributed by atoms with Crippen molar-refractivity contribution in [3.8, 4) is 0 Å². The molecule has 0 N–H and O–H groups in total. The second-order valence-electron chi connectivity index (χ2n) is 4.77. The average Bonchev–Trinajstić information content (AvgIpc) is 2.63. The first kappa shape index (κ1) is 10.7. The van der Waals surface area contributed by atoms with E-state index in [2.05, 4.69) is 0 Å². The van der Waals surface area contributed by atoms with Crippen molar-refractivity contribution in [3.05, 3.63) is 0 Å². The van der Waals surface area contributed by atoms with Crippen LogP contribution in [0.2, 0.25) is 0 Å². The Labute approximate surface area is 90.2 Å². The zero-order valence-corrected chi connectivity index (χ0v) is 9.25. The molecule has 84 valence electrons. The van der Waals surface area contributed by atoms with Crippen molar-refractivity contribution in [1.82, 2.24) is 0 Å². The van der Waals surface area contributed by atoms with Gasteiger partial charge in [0.2, 0.25) is 0 Å². The SMILES string of the molecule is COC(=O)C1(C(=O)C2CCC2)CCCC1. The maximum absolute atomic E-state index is 12.2. The van der Waals surface area contributed by atoms with Crippen molar-refractivity contribution in [1.29, 1.82) is 0 Å².